The minimum atomic E-state index is -0.892. The van der Waals surface area contributed by atoms with Gasteiger partial charge in [-0.2, -0.15) is 0 Å². The SMILES string of the molecule is CCN[C@H](CCC(=O)O)COc1cc([C@@H]2C[C@@H](O)C[C@H](CCc3ccc(O)c(OCO)c3)O2)cc(OC)c1O. The van der Waals surface area contributed by atoms with E-state index in [0.29, 0.717) is 44.2 Å². The molecule has 0 spiro atoms. The summed E-state index contributed by atoms with van der Waals surface area (Å²) in [5.41, 5.74) is 1.56. The molecule has 2 aromatic carbocycles. The number of ether oxygens (including phenoxy) is 4. The number of carboxylic acid groups (broad SMARTS) is 1. The maximum atomic E-state index is 11.0. The second-order valence-corrected chi connectivity index (χ2v) is 9.55. The summed E-state index contributed by atoms with van der Waals surface area (Å²) < 4.78 is 22.6. The van der Waals surface area contributed by atoms with E-state index in [-0.39, 0.29) is 53.9 Å². The zero-order chi connectivity index (χ0) is 28.4. The number of benzene rings is 2. The Morgan fingerprint density at radius 3 is 2.59 bits per heavy atom. The molecule has 0 bridgehead atoms. The number of aliphatic hydroxyl groups is 2. The molecule has 2 aromatic rings. The number of hydrogen-bond acceptors (Lipinski definition) is 10. The molecule has 0 amide bonds. The molecular formula is C28H39NO10. The van der Waals surface area contributed by atoms with Crippen LogP contribution in [-0.4, -0.2) is 76.8 Å². The Bertz CT molecular complexity index is 1080. The van der Waals surface area contributed by atoms with Crippen molar-refractivity contribution in [2.24, 2.45) is 0 Å². The number of nitrogens with one attached hydrogen (secondary N) is 1. The van der Waals surface area contributed by atoms with Crippen LogP contribution in [-0.2, 0) is 16.0 Å². The monoisotopic (exact) mass is 549 g/mol. The Kier molecular flexibility index (Phi) is 11.5. The molecule has 0 aliphatic carbocycles. The highest BCUT2D eigenvalue weighted by atomic mass is 16.6. The molecule has 1 aliphatic rings. The van der Waals surface area contributed by atoms with E-state index in [9.17, 15) is 20.1 Å². The van der Waals surface area contributed by atoms with E-state index < -0.39 is 25.0 Å². The molecule has 3 rings (SSSR count). The summed E-state index contributed by atoms with van der Waals surface area (Å²) in [6, 6.07) is 8.03. The number of carbonyl (C=O) groups is 1. The van der Waals surface area contributed by atoms with Gasteiger partial charge in [-0.15, -0.1) is 0 Å². The number of carboxylic acids is 1. The lowest BCUT2D eigenvalue weighted by atomic mass is 9.93. The predicted octanol–water partition coefficient (Wildman–Crippen LogP) is 2.87. The highest BCUT2D eigenvalue weighted by molar-refractivity contribution is 5.66. The number of aliphatic hydroxyl groups excluding tert-OH is 2. The van der Waals surface area contributed by atoms with Gasteiger partial charge in [0.15, 0.2) is 29.8 Å². The van der Waals surface area contributed by atoms with Gasteiger partial charge in [0, 0.05) is 18.9 Å². The second-order valence-electron chi connectivity index (χ2n) is 9.55. The van der Waals surface area contributed by atoms with Crippen molar-refractivity contribution >= 4 is 5.97 Å². The van der Waals surface area contributed by atoms with Crippen LogP contribution in [0.25, 0.3) is 0 Å². The van der Waals surface area contributed by atoms with Crippen LogP contribution in [0.1, 0.15) is 56.3 Å². The van der Waals surface area contributed by atoms with Crippen LogP contribution in [0.5, 0.6) is 28.7 Å². The molecular weight excluding hydrogens is 510 g/mol. The number of aryl methyl sites for hydroxylation is 1. The Morgan fingerprint density at radius 1 is 1.13 bits per heavy atom. The first kappa shape index (κ1) is 30.3. The van der Waals surface area contributed by atoms with Crippen molar-refractivity contribution in [1.82, 2.24) is 5.32 Å². The van der Waals surface area contributed by atoms with Gasteiger partial charge in [0.2, 0.25) is 5.75 Å². The summed E-state index contributed by atoms with van der Waals surface area (Å²) in [5.74, 6) is -0.542. The summed E-state index contributed by atoms with van der Waals surface area (Å²) in [7, 11) is 1.43. The zero-order valence-corrected chi connectivity index (χ0v) is 22.3. The van der Waals surface area contributed by atoms with Crippen molar-refractivity contribution in [1.29, 1.82) is 0 Å². The van der Waals surface area contributed by atoms with E-state index in [1.54, 1.807) is 24.3 Å². The molecule has 0 aromatic heterocycles. The van der Waals surface area contributed by atoms with E-state index >= 15 is 0 Å². The standard InChI is InChI=1S/C28H39NO10/c1-3-29-19(6-9-27(33)34)15-37-26-12-18(11-25(36-2)28(26)35)23-14-20(31)13-21(39-23)7-4-17-5-8-22(32)24(10-17)38-16-30/h5,8,10-12,19-21,23,29-32,35H,3-4,6-7,9,13-16H2,1-2H3,(H,33,34)/t19-,20+,21+,23+/m1/s1. The summed E-state index contributed by atoms with van der Waals surface area (Å²) in [5, 5.41) is 52.3. The first-order valence-corrected chi connectivity index (χ1v) is 13.1. The zero-order valence-electron chi connectivity index (χ0n) is 22.3. The maximum absolute atomic E-state index is 11.0. The molecule has 11 nitrogen and oxygen atoms in total. The van der Waals surface area contributed by atoms with Gasteiger partial charge in [0.1, 0.15) is 6.61 Å². The predicted molar refractivity (Wildman–Crippen MR) is 141 cm³/mol. The number of phenols is 2. The molecule has 0 saturated carbocycles. The smallest absolute Gasteiger partial charge is 0.303 e. The minimum absolute atomic E-state index is 0.00846. The lowest BCUT2D eigenvalue weighted by Gasteiger charge is -2.34. The fourth-order valence-electron chi connectivity index (χ4n) is 4.69. The number of hydrogen-bond donors (Lipinski definition) is 6. The highest BCUT2D eigenvalue weighted by Gasteiger charge is 2.31. The summed E-state index contributed by atoms with van der Waals surface area (Å²) >= 11 is 0. The third kappa shape index (κ3) is 8.89. The van der Waals surface area contributed by atoms with E-state index in [2.05, 4.69) is 5.32 Å². The fourth-order valence-corrected chi connectivity index (χ4v) is 4.69. The maximum Gasteiger partial charge on any atom is 0.303 e. The first-order chi connectivity index (χ1) is 18.7. The molecule has 1 saturated heterocycles. The molecule has 6 N–H and O–H groups in total. The van der Waals surface area contributed by atoms with Crippen LogP contribution in [0.3, 0.4) is 0 Å². The van der Waals surface area contributed by atoms with Crippen LogP contribution in [0.2, 0.25) is 0 Å². The Morgan fingerprint density at radius 2 is 1.90 bits per heavy atom. The van der Waals surface area contributed by atoms with Gasteiger partial charge in [-0.05, 0) is 67.6 Å². The normalized spacial score (nSPS) is 19.8. The van der Waals surface area contributed by atoms with Crippen LogP contribution >= 0.6 is 0 Å². The topological polar surface area (TPSA) is 167 Å². The molecule has 1 heterocycles. The summed E-state index contributed by atoms with van der Waals surface area (Å²) in [6.45, 7) is 2.15. The molecule has 1 fully saturated rings. The summed E-state index contributed by atoms with van der Waals surface area (Å²) in [4.78, 5) is 11.0. The Hall–Kier alpha value is -3.25. The van der Waals surface area contributed by atoms with Gasteiger partial charge in [-0.3, -0.25) is 4.79 Å². The number of aromatic hydroxyl groups is 2. The van der Waals surface area contributed by atoms with Crippen LogP contribution in [0.15, 0.2) is 30.3 Å². The van der Waals surface area contributed by atoms with Crippen molar-refractivity contribution in [3.63, 3.8) is 0 Å². The van der Waals surface area contributed by atoms with Gasteiger partial charge in [-0.1, -0.05) is 13.0 Å². The van der Waals surface area contributed by atoms with Gasteiger partial charge in [-0.25, -0.2) is 0 Å². The van der Waals surface area contributed by atoms with Gasteiger partial charge in [0.05, 0.1) is 25.4 Å². The van der Waals surface area contributed by atoms with E-state index in [4.69, 9.17) is 29.2 Å². The van der Waals surface area contributed by atoms with E-state index in [1.165, 1.54) is 13.2 Å². The van der Waals surface area contributed by atoms with E-state index in [1.807, 2.05) is 6.92 Å². The Balaban J connectivity index is 1.71. The van der Waals surface area contributed by atoms with Crippen LogP contribution in [0.4, 0.5) is 0 Å². The number of methoxy groups -OCH3 is 1. The first-order valence-electron chi connectivity index (χ1n) is 13.1. The minimum Gasteiger partial charge on any atom is -0.504 e. The van der Waals surface area contributed by atoms with Gasteiger partial charge in [0.25, 0.3) is 0 Å². The molecule has 4 atom stereocenters. The number of rotatable bonds is 15. The quantitative estimate of drug-likeness (QED) is 0.181. The number of aliphatic carboxylic acids is 1. The van der Waals surface area contributed by atoms with Crippen molar-refractivity contribution in [3.05, 3.63) is 41.5 Å². The van der Waals surface area contributed by atoms with Crippen LogP contribution < -0.4 is 19.5 Å². The highest BCUT2D eigenvalue weighted by Crippen LogP contribution is 2.42. The molecule has 0 radical (unpaired) electrons. The van der Waals surface area contributed by atoms with Crippen molar-refractivity contribution < 1.29 is 49.3 Å². The fraction of sp³-hybridized carbons (Fsp3) is 0.536. The molecule has 39 heavy (non-hydrogen) atoms. The third-order valence-corrected chi connectivity index (χ3v) is 6.67. The van der Waals surface area contributed by atoms with Crippen molar-refractivity contribution in [3.8, 4) is 28.7 Å². The molecule has 216 valence electrons. The lowest BCUT2D eigenvalue weighted by molar-refractivity contribution is -0.137. The van der Waals surface area contributed by atoms with Crippen molar-refractivity contribution in [2.75, 3.05) is 27.1 Å². The second kappa shape index (κ2) is 14.8. The van der Waals surface area contributed by atoms with E-state index in [0.717, 1.165) is 5.56 Å². The van der Waals surface area contributed by atoms with Crippen LogP contribution in [0, 0.1) is 0 Å². The number of phenolic OH excluding ortho intramolecular Hbond substituents is 2. The van der Waals surface area contributed by atoms with Crippen molar-refractivity contribution in [2.45, 2.75) is 69.8 Å². The average molecular weight is 550 g/mol. The number of likely N-dealkylation sites (N-methyl/N-ethyl adjacent to an activating group) is 1. The largest absolute Gasteiger partial charge is 0.504 e. The van der Waals surface area contributed by atoms with Gasteiger partial charge >= 0.3 is 5.97 Å². The Labute approximate surface area is 227 Å². The molecule has 0 unspecified atom stereocenters. The third-order valence-electron chi connectivity index (χ3n) is 6.67. The average Bonchev–Trinajstić information content (AvgIpc) is 2.91. The van der Waals surface area contributed by atoms with Gasteiger partial charge < -0.3 is 49.8 Å². The summed E-state index contributed by atoms with van der Waals surface area (Å²) in [6.07, 6.45) is 1.05. The molecule has 11 heteroatoms. The lowest BCUT2D eigenvalue weighted by Crippen LogP contribution is -2.35. The molecule has 1 aliphatic heterocycles.